The molecule has 0 amide bonds. The first kappa shape index (κ1) is 25.7. The summed E-state index contributed by atoms with van der Waals surface area (Å²) in [6.45, 7) is 18.0. The van der Waals surface area contributed by atoms with Crippen LogP contribution in [0.15, 0.2) is 0 Å². The summed E-state index contributed by atoms with van der Waals surface area (Å²) < 4.78 is 27.8. The molecular formula is C19H40O6Si. The molecule has 7 heteroatoms. The minimum absolute atomic E-state index is 0.203. The predicted molar refractivity (Wildman–Crippen MR) is 106 cm³/mol. The molecule has 0 aliphatic rings. The Morgan fingerprint density at radius 3 is 1.50 bits per heavy atom. The number of hydrogen-bond donors (Lipinski definition) is 0. The van der Waals surface area contributed by atoms with Gasteiger partial charge in [-0.2, -0.15) is 0 Å². The van der Waals surface area contributed by atoms with E-state index in [2.05, 4.69) is 33.9 Å². The Balaban J connectivity index is 3.24. The van der Waals surface area contributed by atoms with E-state index in [9.17, 15) is 4.79 Å². The molecule has 0 N–H and O–H groups in total. The average molecular weight is 393 g/mol. The van der Waals surface area contributed by atoms with Gasteiger partial charge in [0.25, 0.3) is 0 Å². The standard InChI is InChI=1S/C19H40O6Si/c1-18(20)8-7-9-21-10-11-22-12-13-23-14-15-24-16-17-25-26(5,6)19(2,3)4/h7-17H2,1-6H3. The van der Waals surface area contributed by atoms with Crippen LogP contribution in [0.4, 0.5) is 0 Å². The second-order valence-electron chi connectivity index (χ2n) is 7.86. The van der Waals surface area contributed by atoms with Crippen LogP contribution in [0, 0.1) is 0 Å². The summed E-state index contributed by atoms with van der Waals surface area (Å²) in [5.74, 6) is 0.203. The lowest BCUT2D eigenvalue weighted by molar-refractivity contribution is -0.117. The SMILES string of the molecule is CC(=O)CCCOCCOCCOCCOCCO[Si](C)(C)C(C)(C)C. The van der Waals surface area contributed by atoms with Crippen LogP contribution in [0.1, 0.15) is 40.5 Å². The summed E-state index contributed by atoms with van der Waals surface area (Å²) in [4.78, 5) is 10.7. The van der Waals surface area contributed by atoms with Gasteiger partial charge in [0.15, 0.2) is 8.32 Å². The highest BCUT2D eigenvalue weighted by Gasteiger charge is 2.36. The van der Waals surface area contributed by atoms with Crippen molar-refractivity contribution in [3.8, 4) is 0 Å². The Labute approximate surface area is 161 Å². The number of carbonyl (C=O) groups excluding carboxylic acids is 1. The Morgan fingerprint density at radius 1 is 0.731 bits per heavy atom. The molecule has 0 atom stereocenters. The second kappa shape index (κ2) is 14.7. The lowest BCUT2D eigenvalue weighted by atomic mass is 10.2. The summed E-state index contributed by atoms with van der Waals surface area (Å²) in [6.07, 6.45) is 1.36. The van der Waals surface area contributed by atoms with E-state index in [1.54, 1.807) is 6.92 Å². The van der Waals surface area contributed by atoms with Gasteiger partial charge in [-0.15, -0.1) is 0 Å². The van der Waals surface area contributed by atoms with Crippen LogP contribution in [0.3, 0.4) is 0 Å². The van der Waals surface area contributed by atoms with Crippen molar-refractivity contribution in [1.82, 2.24) is 0 Å². The van der Waals surface area contributed by atoms with Gasteiger partial charge >= 0.3 is 0 Å². The van der Waals surface area contributed by atoms with Crippen molar-refractivity contribution in [3.63, 3.8) is 0 Å². The van der Waals surface area contributed by atoms with E-state index in [-0.39, 0.29) is 10.8 Å². The zero-order valence-electron chi connectivity index (χ0n) is 17.7. The molecule has 0 saturated heterocycles. The van der Waals surface area contributed by atoms with Gasteiger partial charge in [0.05, 0.1) is 52.9 Å². The van der Waals surface area contributed by atoms with E-state index in [1.165, 1.54) is 0 Å². The number of Topliss-reactive ketones (excluding diaryl/α,β-unsaturated/α-hetero) is 1. The van der Waals surface area contributed by atoms with Crippen molar-refractivity contribution in [2.45, 2.75) is 58.7 Å². The Bertz CT molecular complexity index is 354. The summed E-state index contributed by atoms with van der Waals surface area (Å²) in [5.41, 5.74) is 0. The summed E-state index contributed by atoms with van der Waals surface area (Å²) >= 11 is 0. The third-order valence-corrected chi connectivity index (χ3v) is 8.97. The van der Waals surface area contributed by atoms with E-state index in [0.29, 0.717) is 65.9 Å². The monoisotopic (exact) mass is 392 g/mol. The zero-order valence-corrected chi connectivity index (χ0v) is 18.7. The Morgan fingerprint density at radius 2 is 1.12 bits per heavy atom. The van der Waals surface area contributed by atoms with Crippen molar-refractivity contribution in [1.29, 1.82) is 0 Å². The largest absolute Gasteiger partial charge is 0.414 e. The van der Waals surface area contributed by atoms with Crippen LogP contribution in [-0.4, -0.2) is 73.6 Å². The fourth-order valence-corrected chi connectivity index (χ4v) is 2.78. The van der Waals surface area contributed by atoms with Gasteiger partial charge in [-0.25, -0.2) is 0 Å². The number of hydrogen-bond acceptors (Lipinski definition) is 6. The second-order valence-corrected chi connectivity index (χ2v) is 12.7. The van der Waals surface area contributed by atoms with Gasteiger partial charge in [-0.05, 0) is 31.5 Å². The van der Waals surface area contributed by atoms with Crippen molar-refractivity contribution in [2.75, 3.05) is 59.5 Å². The molecule has 0 saturated carbocycles. The Kier molecular flexibility index (Phi) is 14.5. The van der Waals surface area contributed by atoms with Crippen LogP contribution >= 0.6 is 0 Å². The maximum atomic E-state index is 10.7. The van der Waals surface area contributed by atoms with Gasteiger partial charge in [-0.1, -0.05) is 20.8 Å². The highest BCUT2D eigenvalue weighted by atomic mass is 28.4. The molecule has 0 heterocycles. The van der Waals surface area contributed by atoms with Gasteiger partial charge < -0.3 is 28.2 Å². The van der Waals surface area contributed by atoms with Gasteiger partial charge in [0, 0.05) is 13.0 Å². The van der Waals surface area contributed by atoms with Crippen LogP contribution < -0.4 is 0 Å². The molecule has 0 aliphatic carbocycles. The molecule has 0 aliphatic heterocycles. The average Bonchev–Trinajstić information content (AvgIpc) is 2.53. The molecule has 0 aromatic rings. The quantitative estimate of drug-likeness (QED) is 0.279. The predicted octanol–water partition coefficient (Wildman–Crippen LogP) is 3.44. The van der Waals surface area contributed by atoms with Crippen molar-refractivity contribution < 1.29 is 28.2 Å². The molecule has 0 bridgehead atoms. The fraction of sp³-hybridized carbons (Fsp3) is 0.947. The smallest absolute Gasteiger partial charge is 0.192 e. The Hall–Kier alpha value is -0.313. The lowest BCUT2D eigenvalue weighted by Gasteiger charge is -2.36. The highest BCUT2D eigenvalue weighted by molar-refractivity contribution is 6.74. The minimum atomic E-state index is -1.67. The van der Waals surface area contributed by atoms with E-state index in [1.807, 2.05) is 0 Å². The molecule has 0 radical (unpaired) electrons. The van der Waals surface area contributed by atoms with E-state index < -0.39 is 8.32 Å². The highest BCUT2D eigenvalue weighted by Crippen LogP contribution is 2.36. The fourth-order valence-electron chi connectivity index (χ4n) is 1.76. The zero-order chi connectivity index (χ0) is 19.9. The van der Waals surface area contributed by atoms with Crippen LogP contribution in [0.2, 0.25) is 18.1 Å². The number of ether oxygens (including phenoxy) is 4. The van der Waals surface area contributed by atoms with Crippen molar-refractivity contribution in [2.24, 2.45) is 0 Å². The third kappa shape index (κ3) is 14.8. The van der Waals surface area contributed by atoms with Gasteiger partial charge in [0.2, 0.25) is 0 Å². The topological polar surface area (TPSA) is 63.2 Å². The first-order chi connectivity index (χ1) is 12.2. The molecule has 26 heavy (non-hydrogen) atoms. The lowest BCUT2D eigenvalue weighted by Crippen LogP contribution is -2.41. The molecule has 0 fully saturated rings. The minimum Gasteiger partial charge on any atom is -0.414 e. The van der Waals surface area contributed by atoms with Gasteiger partial charge in [0.1, 0.15) is 5.78 Å². The number of rotatable bonds is 17. The third-order valence-electron chi connectivity index (χ3n) is 4.43. The molecular weight excluding hydrogens is 352 g/mol. The number of carbonyl (C=O) groups is 1. The van der Waals surface area contributed by atoms with Crippen LogP contribution in [0.25, 0.3) is 0 Å². The van der Waals surface area contributed by atoms with E-state index >= 15 is 0 Å². The maximum Gasteiger partial charge on any atom is 0.192 e. The first-order valence-electron chi connectivity index (χ1n) is 9.61. The van der Waals surface area contributed by atoms with E-state index in [0.717, 1.165) is 6.42 Å². The van der Waals surface area contributed by atoms with E-state index in [4.69, 9.17) is 23.4 Å². The molecule has 0 rings (SSSR count). The summed E-state index contributed by atoms with van der Waals surface area (Å²) in [5, 5.41) is 0.232. The summed E-state index contributed by atoms with van der Waals surface area (Å²) in [7, 11) is -1.67. The van der Waals surface area contributed by atoms with Crippen molar-refractivity contribution in [3.05, 3.63) is 0 Å². The van der Waals surface area contributed by atoms with Crippen LogP contribution in [0.5, 0.6) is 0 Å². The molecule has 6 nitrogen and oxygen atoms in total. The molecule has 0 spiro atoms. The van der Waals surface area contributed by atoms with Crippen molar-refractivity contribution >= 4 is 14.1 Å². The normalized spacial score (nSPS) is 12.5. The molecule has 0 unspecified atom stereocenters. The molecule has 0 aromatic carbocycles. The number of ketones is 1. The van der Waals surface area contributed by atoms with Crippen LogP contribution in [-0.2, 0) is 28.2 Å². The molecule has 0 aromatic heterocycles. The first-order valence-corrected chi connectivity index (χ1v) is 12.5. The maximum absolute atomic E-state index is 10.7. The molecule has 156 valence electrons. The van der Waals surface area contributed by atoms with Gasteiger partial charge in [-0.3, -0.25) is 0 Å². The summed E-state index contributed by atoms with van der Waals surface area (Å²) in [6, 6.07) is 0.